The number of benzene rings is 3. The number of fused-ring (bicyclic) bond motifs is 1. The molecule has 1 heterocycles. The first-order valence-corrected chi connectivity index (χ1v) is 10.1. The number of hydrogen-bond acceptors (Lipinski definition) is 1. The van der Waals surface area contributed by atoms with Crippen molar-refractivity contribution in [3.8, 4) is 22.4 Å². The van der Waals surface area contributed by atoms with Crippen molar-refractivity contribution < 1.29 is 0 Å². The highest BCUT2D eigenvalue weighted by Crippen LogP contribution is 2.30. The fourth-order valence-corrected chi connectivity index (χ4v) is 4.41. The molecular formula is C21H12Br3N. The van der Waals surface area contributed by atoms with E-state index in [0.29, 0.717) is 0 Å². The lowest BCUT2D eigenvalue weighted by Crippen LogP contribution is -1.87. The quantitative estimate of drug-likeness (QED) is 0.264. The van der Waals surface area contributed by atoms with E-state index in [1.807, 2.05) is 6.07 Å². The monoisotopic (exact) mass is 515 g/mol. The molecule has 0 amide bonds. The molecule has 0 bridgehead atoms. The molecule has 3 aromatic carbocycles. The summed E-state index contributed by atoms with van der Waals surface area (Å²) in [6, 6.07) is 25.1. The van der Waals surface area contributed by atoms with Gasteiger partial charge in [0.15, 0.2) is 0 Å². The first kappa shape index (κ1) is 17.0. The Hall–Kier alpha value is -1.49. The highest BCUT2D eigenvalue weighted by atomic mass is 79.9. The minimum Gasteiger partial charge on any atom is -0.247 e. The van der Waals surface area contributed by atoms with Crippen LogP contribution in [0.2, 0.25) is 0 Å². The molecule has 0 atom stereocenters. The number of halogens is 3. The maximum Gasteiger partial charge on any atom is 0.0852 e. The van der Waals surface area contributed by atoms with Gasteiger partial charge in [0.1, 0.15) is 0 Å². The Balaban J connectivity index is 1.72. The van der Waals surface area contributed by atoms with Gasteiger partial charge in [-0.25, -0.2) is 4.98 Å². The Morgan fingerprint density at radius 1 is 0.560 bits per heavy atom. The van der Waals surface area contributed by atoms with E-state index in [-0.39, 0.29) is 0 Å². The molecule has 0 radical (unpaired) electrons. The van der Waals surface area contributed by atoms with E-state index in [2.05, 4.69) is 115 Å². The Morgan fingerprint density at radius 2 is 1.16 bits per heavy atom. The lowest BCUT2D eigenvalue weighted by Gasteiger charge is -2.07. The zero-order valence-corrected chi connectivity index (χ0v) is 17.8. The van der Waals surface area contributed by atoms with E-state index in [9.17, 15) is 0 Å². The van der Waals surface area contributed by atoms with Crippen molar-refractivity contribution in [2.24, 2.45) is 0 Å². The van der Waals surface area contributed by atoms with Crippen molar-refractivity contribution in [2.45, 2.75) is 0 Å². The smallest absolute Gasteiger partial charge is 0.0852 e. The number of nitrogens with zero attached hydrogens (tertiary/aromatic N) is 1. The summed E-state index contributed by atoms with van der Waals surface area (Å²) in [7, 11) is 0. The van der Waals surface area contributed by atoms with Gasteiger partial charge in [-0.1, -0.05) is 74.3 Å². The van der Waals surface area contributed by atoms with E-state index >= 15 is 0 Å². The second-order valence-electron chi connectivity index (χ2n) is 5.74. The predicted molar refractivity (Wildman–Crippen MR) is 116 cm³/mol. The summed E-state index contributed by atoms with van der Waals surface area (Å²) in [5.74, 6) is 0. The van der Waals surface area contributed by atoms with Gasteiger partial charge in [0.2, 0.25) is 0 Å². The second-order valence-corrected chi connectivity index (χ2v) is 8.43. The number of rotatable bonds is 2. The molecular weight excluding hydrogens is 506 g/mol. The van der Waals surface area contributed by atoms with Crippen LogP contribution in [0.5, 0.6) is 0 Å². The van der Waals surface area contributed by atoms with E-state index in [4.69, 9.17) is 4.98 Å². The molecule has 0 unspecified atom stereocenters. The summed E-state index contributed by atoms with van der Waals surface area (Å²) >= 11 is 10.6. The van der Waals surface area contributed by atoms with Gasteiger partial charge in [0.25, 0.3) is 0 Å². The van der Waals surface area contributed by atoms with E-state index in [1.165, 1.54) is 11.1 Å². The van der Waals surface area contributed by atoms with Crippen LogP contribution in [0.25, 0.3) is 33.3 Å². The van der Waals surface area contributed by atoms with Crippen LogP contribution in [0, 0.1) is 0 Å². The lowest BCUT2D eigenvalue weighted by molar-refractivity contribution is 1.39. The molecule has 122 valence electrons. The first-order chi connectivity index (χ1) is 12.1. The minimum absolute atomic E-state index is 0.970. The third kappa shape index (κ3) is 3.57. The van der Waals surface area contributed by atoms with Crippen molar-refractivity contribution in [3.63, 3.8) is 0 Å². The van der Waals surface area contributed by atoms with Crippen molar-refractivity contribution >= 4 is 58.7 Å². The fraction of sp³-hybridized carbons (Fsp3) is 0. The predicted octanol–water partition coefficient (Wildman–Crippen LogP) is 7.86. The average molecular weight is 518 g/mol. The highest BCUT2D eigenvalue weighted by molar-refractivity contribution is 9.11. The van der Waals surface area contributed by atoms with Crippen LogP contribution in [0.4, 0.5) is 0 Å². The van der Waals surface area contributed by atoms with Crippen molar-refractivity contribution in [1.82, 2.24) is 4.98 Å². The molecule has 1 nitrogen and oxygen atoms in total. The maximum atomic E-state index is 4.83. The Bertz CT molecular complexity index is 1050. The van der Waals surface area contributed by atoms with Crippen LogP contribution in [-0.2, 0) is 0 Å². The van der Waals surface area contributed by atoms with Crippen LogP contribution >= 0.6 is 47.8 Å². The highest BCUT2D eigenvalue weighted by Gasteiger charge is 2.06. The third-order valence-corrected chi connectivity index (χ3v) is 5.66. The number of pyridine rings is 1. The largest absolute Gasteiger partial charge is 0.247 e. The molecule has 0 spiro atoms. The Morgan fingerprint density at radius 3 is 1.84 bits per heavy atom. The van der Waals surface area contributed by atoms with E-state index in [0.717, 1.165) is 35.6 Å². The lowest BCUT2D eigenvalue weighted by atomic mass is 10.0. The molecule has 25 heavy (non-hydrogen) atoms. The van der Waals surface area contributed by atoms with Gasteiger partial charge in [-0.2, -0.15) is 0 Å². The standard InChI is InChI=1S/C21H12Br3N/c22-17-8-5-14(6-9-17)13-1-3-15(4-2-13)20-10-7-16-11-18(23)12-19(24)21(16)25-20/h1-12H. The zero-order chi connectivity index (χ0) is 17.4. The van der Waals surface area contributed by atoms with Gasteiger partial charge in [-0.05, 0) is 57.4 Å². The van der Waals surface area contributed by atoms with Gasteiger partial charge >= 0.3 is 0 Å². The van der Waals surface area contributed by atoms with Crippen LogP contribution in [0.3, 0.4) is 0 Å². The molecule has 0 N–H and O–H groups in total. The number of aromatic nitrogens is 1. The van der Waals surface area contributed by atoms with Crippen LogP contribution in [0.15, 0.2) is 86.2 Å². The Kier molecular flexibility index (Phi) is 4.76. The van der Waals surface area contributed by atoms with Crippen LogP contribution < -0.4 is 0 Å². The summed E-state index contributed by atoms with van der Waals surface area (Å²) < 4.78 is 3.12. The van der Waals surface area contributed by atoms with Crippen molar-refractivity contribution in [1.29, 1.82) is 0 Å². The zero-order valence-electron chi connectivity index (χ0n) is 13.0. The molecule has 4 rings (SSSR count). The topological polar surface area (TPSA) is 12.9 Å². The first-order valence-electron chi connectivity index (χ1n) is 7.72. The molecule has 4 heteroatoms. The summed E-state index contributed by atoms with van der Waals surface area (Å²) in [5.41, 5.74) is 5.45. The van der Waals surface area contributed by atoms with Gasteiger partial charge in [-0.15, -0.1) is 0 Å². The molecule has 0 fully saturated rings. The molecule has 0 saturated carbocycles. The summed E-state index contributed by atoms with van der Waals surface area (Å²) in [6.07, 6.45) is 0. The minimum atomic E-state index is 0.970. The summed E-state index contributed by atoms with van der Waals surface area (Å²) in [6.45, 7) is 0. The molecule has 1 aromatic heterocycles. The second kappa shape index (κ2) is 7.02. The van der Waals surface area contributed by atoms with Crippen LogP contribution in [0.1, 0.15) is 0 Å². The summed E-state index contributed by atoms with van der Waals surface area (Å²) in [4.78, 5) is 4.83. The molecule has 0 aliphatic carbocycles. The van der Waals surface area contributed by atoms with Crippen molar-refractivity contribution in [2.75, 3.05) is 0 Å². The molecule has 4 aromatic rings. The molecule has 0 aliphatic rings. The van der Waals surface area contributed by atoms with E-state index < -0.39 is 0 Å². The average Bonchev–Trinajstić information content (AvgIpc) is 2.62. The van der Waals surface area contributed by atoms with Gasteiger partial charge in [0.05, 0.1) is 11.2 Å². The molecule has 0 saturated heterocycles. The SMILES string of the molecule is Brc1ccc(-c2ccc(-c3ccc4cc(Br)cc(Br)c4n3)cc2)cc1. The van der Waals surface area contributed by atoms with Gasteiger partial charge in [-0.3, -0.25) is 0 Å². The van der Waals surface area contributed by atoms with Crippen LogP contribution in [-0.4, -0.2) is 4.98 Å². The van der Waals surface area contributed by atoms with Gasteiger partial charge in [0, 0.05) is 24.4 Å². The van der Waals surface area contributed by atoms with Crippen molar-refractivity contribution in [3.05, 3.63) is 86.2 Å². The summed E-state index contributed by atoms with van der Waals surface area (Å²) in [5, 5.41) is 1.11. The maximum absolute atomic E-state index is 4.83. The fourth-order valence-electron chi connectivity index (χ4n) is 2.79. The normalized spacial score (nSPS) is 11.0. The Labute approximate surface area is 171 Å². The number of hydrogen-bond donors (Lipinski definition) is 0. The molecule has 0 aliphatic heterocycles. The van der Waals surface area contributed by atoms with E-state index in [1.54, 1.807) is 0 Å². The van der Waals surface area contributed by atoms with Gasteiger partial charge < -0.3 is 0 Å². The third-order valence-electron chi connectivity index (χ3n) is 4.07.